The third kappa shape index (κ3) is 2.61. The van der Waals surface area contributed by atoms with Crippen LogP contribution in [-0.2, 0) is 0 Å². The summed E-state index contributed by atoms with van der Waals surface area (Å²) in [6.45, 7) is 0. The Morgan fingerprint density at radius 3 is 2.50 bits per heavy atom. The minimum atomic E-state index is -0.00416. The maximum atomic E-state index is 7.32. The molecule has 0 saturated heterocycles. The van der Waals surface area contributed by atoms with E-state index in [1.54, 1.807) is 17.8 Å². The number of hydrogen-bond donors (Lipinski definition) is 2. The van der Waals surface area contributed by atoms with Crippen molar-refractivity contribution in [3.05, 3.63) is 54.2 Å². The second-order valence-electron chi connectivity index (χ2n) is 3.19. The monoisotopic (exact) mass is 229 g/mol. The molecule has 1 heterocycles. The Morgan fingerprint density at radius 2 is 1.81 bits per heavy atom. The van der Waals surface area contributed by atoms with Crippen molar-refractivity contribution in [2.45, 2.75) is 9.92 Å². The predicted molar refractivity (Wildman–Crippen MR) is 65.8 cm³/mol. The van der Waals surface area contributed by atoms with Gasteiger partial charge in [0.1, 0.15) is 16.6 Å². The van der Waals surface area contributed by atoms with E-state index in [1.807, 2.05) is 42.5 Å². The number of hydrogen-bond acceptors (Lipinski definition) is 3. The van der Waals surface area contributed by atoms with Gasteiger partial charge in [-0.15, -0.1) is 0 Å². The summed E-state index contributed by atoms with van der Waals surface area (Å²) in [4.78, 5) is 5.40. The van der Waals surface area contributed by atoms with Gasteiger partial charge in [-0.3, -0.25) is 5.41 Å². The zero-order chi connectivity index (χ0) is 11.4. The van der Waals surface area contributed by atoms with Crippen molar-refractivity contribution >= 4 is 17.6 Å². The van der Waals surface area contributed by atoms with Crippen molar-refractivity contribution in [1.29, 1.82) is 5.41 Å². The van der Waals surface area contributed by atoms with Gasteiger partial charge < -0.3 is 5.73 Å². The summed E-state index contributed by atoms with van der Waals surface area (Å²) in [5.74, 6) is -0.00416. The highest BCUT2D eigenvalue weighted by atomic mass is 32.2. The van der Waals surface area contributed by atoms with E-state index in [2.05, 4.69) is 4.98 Å². The minimum Gasteiger partial charge on any atom is -0.382 e. The van der Waals surface area contributed by atoms with Gasteiger partial charge in [-0.05, 0) is 24.3 Å². The number of nitrogens with one attached hydrogen (secondary N) is 1. The molecule has 0 bridgehead atoms. The Labute approximate surface area is 98.2 Å². The average molecular weight is 229 g/mol. The Bertz CT molecular complexity index is 497. The van der Waals surface area contributed by atoms with Gasteiger partial charge in [-0.25, -0.2) is 4.98 Å². The van der Waals surface area contributed by atoms with Gasteiger partial charge in [-0.2, -0.15) is 0 Å². The molecule has 4 heteroatoms. The van der Waals surface area contributed by atoms with Crippen LogP contribution in [0, 0.1) is 5.41 Å². The SMILES string of the molecule is N=C(N)c1cccc(Sc2ccccc2)n1. The molecule has 0 radical (unpaired) electrons. The molecule has 0 aliphatic carbocycles. The topological polar surface area (TPSA) is 62.8 Å². The zero-order valence-corrected chi connectivity index (χ0v) is 9.37. The lowest BCUT2D eigenvalue weighted by atomic mass is 10.3. The summed E-state index contributed by atoms with van der Waals surface area (Å²) < 4.78 is 0. The number of nitrogen functional groups attached to an aromatic ring is 1. The molecular weight excluding hydrogens is 218 g/mol. The second kappa shape index (κ2) is 4.81. The van der Waals surface area contributed by atoms with E-state index in [1.165, 1.54) is 0 Å². The normalized spacial score (nSPS) is 10.0. The third-order valence-corrected chi connectivity index (χ3v) is 2.91. The molecule has 3 N–H and O–H groups in total. The first-order chi connectivity index (χ1) is 7.75. The van der Waals surface area contributed by atoms with Crippen LogP contribution < -0.4 is 5.73 Å². The van der Waals surface area contributed by atoms with Crippen LogP contribution in [0.25, 0.3) is 0 Å². The molecule has 0 aliphatic rings. The molecule has 0 atom stereocenters. The first-order valence-corrected chi connectivity index (χ1v) is 5.62. The molecular formula is C12H11N3S. The van der Waals surface area contributed by atoms with E-state index in [4.69, 9.17) is 11.1 Å². The van der Waals surface area contributed by atoms with Crippen LogP contribution in [0.15, 0.2) is 58.5 Å². The van der Waals surface area contributed by atoms with Gasteiger partial charge in [-0.1, -0.05) is 36.0 Å². The van der Waals surface area contributed by atoms with E-state index < -0.39 is 0 Å². The molecule has 16 heavy (non-hydrogen) atoms. The smallest absolute Gasteiger partial charge is 0.141 e. The summed E-state index contributed by atoms with van der Waals surface area (Å²) in [5, 5.41) is 8.16. The first kappa shape index (κ1) is 10.7. The molecule has 1 aromatic carbocycles. The fourth-order valence-electron chi connectivity index (χ4n) is 1.23. The number of nitrogens with zero attached hydrogens (tertiary/aromatic N) is 1. The van der Waals surface area contributed by atoms with Gasteiger partial charge >= 0.3 is 0 Å². The van der Waals surface area contributed by atoms with Crippen molar-refractivity contribution < 1.29 is 0 Å². The van der Waals surface area contributed by atoms with Crippen LogP contribution in [0.5, 0.6) is 0 Å². The quantitative estimate of drug-likeness (QED) is 0.628. The van der Waals surface area contributed by atoms with E-state index in [0.717, 1.165) is 9.92 Å². The average Bonchev–Trinajstić information content (AvgIpc) is 2.30. The largest absolute Gasteiger partial charge is 0.382 e. The standard InChI is InChI=1S/C12H11N3S/c13-12(14)10-7-4-8-11(15-10)16-9-5-2-1-3-6-9/h1-8H,(H3,13,14). The highest BCUT2D eigenvalue weighted by Gasteiger charge is 2.01. The number of nitrogens with two attached hydrogens (primary N) is 1. The molecule has 2 rings (SSSR count). The Balaban J connectivity index is 2.22. The fourth-order valence-corrected chi connectivity index (χ4v) is 2.06. The fraction of sp³-hybridized carbons (Fsp3) is 0. The van der Waals surface area contributed by atoms with Gasteiger partial charge in [0, 0.05) is 4.90 Å². The van der Waals surface area contributed by atoms with Crippen LogP contribution in [0.3, 0.4) is 0 Å². The van der Waals surface area contributed by atoms with Crippen LogP contribution >= 0.6 is 11.8 Å². The first-order valence-electron chi connectivity index (χ1n) is 4.80. The molecule has 3 nitrogen and oxygen atoms in total. The molecule has 0 fully saturated rings. The Hall–Kier alpha value is -1.81. The highest BCUT2D eigenvalue weighted by Crippen LogP contribution is 2.25. The molecule has 0 aliphatic heterocycles. The summed E-state index contributed by atoms with van der Waals surface area (Å²) >= 11 is 1.56. The predicted octanol–water partition coefficient (Wildman–Crippen LogP) is 2.52. The van der Waals surface area contributed by atoms with E-state index in [0.29, 0.717) is 5.69 Å². The van der Waals surface area contributed by atoms with E-state index in [9.17, 15) is 0 Å². The van der Waals surface area contributed by atoms with Crippen LogP contribution in [0.1, 0.15) is 5.69 Å². The number of rotatable bonds is 3. The van der Waals surface area contributed by atoms with E-state index in [-0.39, 0.29) is 5.84 Å². The summed E-state index contributed by atoms with van der Waals surface area (Å²) in [7, 11) is 0. The van der Waals surface area contributed by atoms with Gasteiger partial charge in [0.2, 0.25) is 0 Å². The van der Waals surface area contributed by atoms with Crippen molar-refractivity contribution in [3.63, 3.8) is 0 Å². The molecule has 2 aromatic rings. The van der Waals surface area contributed by atoms with Gasteiger partial charge in [0.25, 0.3) is 0 Å². The molecule has 0 unspecified atom stereocenters. The van der Waals surface area contributed by atoms with Crippen molar-refractivity contribution in [1.82, 2.24) is 4.98 Å². The summed E-state index contributed by atoms with van der Waals surface area (Å²) in [5.41, 5.74) is 5.90. The molecule has 0 saturated carbocycles. The maximum absolute atomic E-state index is 7.32. The molecule has 1 aromatic heterocycles. The van der Waals surface area contributed by atoms with Crippen LogP contribution in [0.2, 0.25) is 0 Å². The Morgan fingerprint density at radius 1 is 1.06 bits per heavy atom. The minimum absolute atomic E-state index is 0.00416. The van der Waals surface area contributed by atoms with Crippen molar-refractivity contribution in [2.24, 2.45) is 5.73 Å². The number of pyridine rings is 1. The number of benzene rings is 1. The number of amidine groups is 1. The molecule has 80 valence electrons. The zero-order valence-electron chi connectivity index (χ0n) is 8.55. The summed E-state index contributed by atoms with van der Waals surface area (Å²) in [6, 6.07) is 15.5. The van der Waals surface area contributed by atoms with Gasteiger partial charge in [0.15, 0.2) is 0 Å². The third-order valence-electron chi connectivity index (χ3n) is 1.97. The second-order valence-corrected chi connectivity index (χ2v) is 4.28. The van der Waals surface area contributed by atoms with Crippen LogP contribution in [-0.4, -0.2) is 10.8 Å². The van der Waals surface area contributed by atoms with E-state index >= 15 is 0 Å². The van der Waals surface area contributed by atoms with Crippen molar-refractivity contribution in [3.8, 4) is 0 Å². The Kier molecular flexibility index (Phi) is 3.22. The number of aromatic nitrogens is 1. The maximum Gasteiger partial charge on any atom is 0.141 e. The molecule has 0 amide bonds. The summed E-state index contributed by atoms with van der Waals surface area (Å²) in [6.07, 6.45) is 0. The highest BCUT2D eigenvalue weighted by molar-refractivity contribution is 7.99. The lowest BCUT2D eigenvalue weighted by molar-refractivity contribution is 1.10. The lowest BCUT2D eigenvalue weighted by Crippen LogP contribution is -2.12. The van der Waals surface area contributed by atoms with Crippen LogP contribution in [0.4, 0.5) is 0 Å². The van der Waals surface area contributed by atoms with Crippen molar-refractivity contribution in [2.75, 3.05) is 0 Å². The van der Waals surface area contributed by atoms with Gasteiger partial charge in [0.05, 0.1) is 0 Å². The lowest BCUT2D eigenvalue weighted by Gasteiger charge is -2.02. The molecule has 0 spiro atoms.